The van der Waals surface area contributed by atoms with Gasteiger partial charge in [-0.25, -0.2) is 4.98 Å². The zero-order valence-corrected chi connectivity index (χ0v) is 14.3. The van der Waals surface area contributed by atoms with Gasteiger partial charge < -0.3 is 10.6 Å². The molecule has 0 saturated carbocycles. The van der Waals surface area contributed by atoms with E-state index in [2.05, 4.69) is 39.9 Å². The summed E-state index contributed by atoms with van der Waals surface area (Å²) in [6.45, 7) is 2.03. The minimum absolute atomic E-state index is 0.0165. The standard InChI is InChI=1S/C20H19N3S/c1-15-12-13-21-18(14-15)22-20(24)23-19(16-8-4-2-5-9-16)17-10-6-3-7-11-17/h2-14,19H,1H3,(H2,21,22,23,24). The first-order valence-electron chi connectivity index (χ1n) is 7.82. The van der Waals surface area contributed by atoms with Crippen molar-refractivity contribution in [3.05, 3.63) is 95.7 Å². The highest BCUT2D eigenvalue weighted by molar-refractivity contribution is 7.80. The van der Waals surface area contributed by atoms with E-state index in [-0.39, 0.29) is 6.04 Å². The molecule has 0 saturated heterocycles. The molecular weight excluding hydrogens is 314 g/mol. The van der Waals surface area contributed by atoms with Crippen LogP contribution in [0.25, 0.3) is 0 Å². The molecule has 0 aliphatic heterocycles. The second kappa shape index (κ2) is 7.70. The predicted octanol–water partition coefficient (Wildman–Crippen LogP) is 4.47. The molecule has 0 unspecified atom stereocenters. The second-order valence-electron chi connectivity index (χ2n) is 5.57. The maximum atomic E-state index is 5.49. The Bertz CT molecular complexity index is 764. The summed E-state index contributed by atoms with van der Waals surface area (Å²) < 4.78 is 0. The lowest BCUT2D eigenvalue weighted by Crippen LogP contribution is -2.33. The smallest absolute Gasteiger partial charge is 0.172 e. The Balaban J connectivity index is 1.80. The van der Waals surface area contributed by atoms with Crippen LogP contribution in [0.2, 0.25) is 0 Å². The van der Waals surface area contributed by atoms with Gasteiger partial charge in [0.05, 0.1) is 6.04 Å². The number of rotatable bonds is 4. The molecule has 3 nitrogen and oxygen atoms in total. The summed E-state index contributed by atoms with van der Waals surface area (Å²) in [5, 5.41) is 7.11. The van der Waals surface area contributed by atoms with Gasteiger partial charge in [-0.15, -0.1) is 0 Å². The third kappa shape index (κ3) is 4.18. The van der Waals surface area contributed by atoms with Crippen LogP contribution in [0.1, 0.15) is 22.7 Å². The van der Waals surface area contributed by atoms with Crippen LogP contribution >= 0.6 is 12.2 Å². The average molecular weight is 333 g/mol. The minimum Gasteiger partial charge on any atom is -0.351 e. The van der Waals surface area contributed by atoms with Crippen molar-refractivity contribution in [2.24, 2.45) is 0 Å². The summed E-state index contributed by atoms with van der Waals surface area (Å²) in [6.07, 6.45) is 1.77. The Morgan fingerprint density at radius 2 is 1.50 bits per heavy atom. The zero-order chi connectivity index (χ0) is 16.8. The van der Waals surface area contributed by atoms with E-state index >= 15 is 0 Å². The summed E-state index contributed by atoms with van der Waals surface area (Å²) in [5.41, 5.74) is 3.45. The van der Waals surface area contributed by atoms with Crippen LogP contribution in [-0.2, 0) is 0 Å². The van der Waals surface area contributed by atoms with Gasteiger partial charge in [-0.3, -0.25) is 0 Å². The maximum Gasteiger partial charge on any atom is 0.172 e. The summed E-state index contributed by atoms with van der Waals surface area (Å²) in [6, 6.07) is 24.4. The van der Waals surface area contributed by atoms with Gasteiger partial charge in [0.15, 0.2) is 5.11 Å². The molecule has 0 bridgehead atoms. The summed E-state index contributed by atoms with van der Waals surface area (Å²) in [5.74, 6) is 0.743. The third-order valence-electron chi connectivity index (χ3n) is 3.70. The fourth-order valence-electron chi connectivity index (χ4n) is 2.54. The highest BCUT2D eigenvalue weighted by Gasteiger charge is 2.14. The molecule has 0 fully saturated rings. The van der Waals surface area contributed by atoms with Gasteiger partial charge in [-0.2, -0.15) is 0 Å². The van der Waals surface area contributed by atoms with Gasteiger partial charge in [-0.1, -0.05) is 60.7 Å². The van der Waals surface area contributed by atoms with Gasteiger partial charge in [0, 0.05) is 6.20 Å². The Labute approximate surface area is 147 Å². The van der Waals surface area contributed by atoms with Crippen molar-refractivity contribution in [3.8, 4) is 0 Å². The first-order valence-corrected chi connectivity index (χ1v) is 8.23. The quantitative estimate of drug-likeness (QED) is 0.691. The monoisotopic (exact) mass is 333 g/mol. The van der Waals surface area contributed by atoms with Crippen molar-refractivity contribution >= 4 is 23.1 Å². The Morgan fingerprint density at radius 1 is 0.917 bits per heavy atom. The molecule has 0 amide bonds. The first-order chi connectivity index (χ1) is 11.7. The number of hydrogen-bond donors (Lipinski definition) is 2. The SMILES string of the molecule is Cc1ccnc(NC(=S)NC(c2ccccc2)c2ccccc2)c1. The molecule has 2 aromatic carbocycles. The third-order valence-corrected chi connectivity index (χ3v) is 3.92. The number of anilines is 1. The lowest BCUT2D eigenvalue weighted by Gasteiger charge is -2.22. The molecule has 120 valence electrons. The summed E-state index contributed by atoms with van der Waals surface area (Å²) >= 11 is 5.49. The topological polar surface area (TPSA) is 37.0 Å². The fourth-order valence-corrected chi connectivity index (χ4v) is 2.76. The van der Waals surface area contributed by atoms with Crippen LogP contribution in [0.15, 0.2) is 79.0 Å². The molecule has 3 aromatic rings. The molecule has 24 heavy (non-hydrogen) atoms. The van der Waals surface area contributed by atoms with Crippen LogP contribution < -0.4 is 10.6 Å². The van der Waals surface area contributed by atoms with Crippen LogP contribution in [0, 0.1) is 6.92 Å². The molecule has 0 radical (unpaired) electrons. The number of hydrogen-bond acceptors (Lipinski definition) is 2. The van der Waals surface area contributed by atoms with Crippen molar-refractivity contribution in [1.29, 1.82) is 0 Å². The van der Waals surface area contributed by atoms with Crippen molar-refractivity contribution in [1.82, 2.24) is 10.3 Å². The van der Waals surface area contributed by atoms with Crippen molar-refractivity contribution < 1.29 is 0 Å². The maximum absolute atomic E-state index is 5.49. The summed E-state index contributed by atoms with van der Waals surface area (Å²) in [7, 11) is 0. The molecule has 0 atom stereocenters. The minimum atomic E-state index is -0.0165. The number of benzene rings is 2. The van der Waals surface area contributed by atoms with E-state index in [4.69, 9.17) is 12.2 Å². The highest BCUT2D eigenvalue weighted by atomic mass is 32.1. The number of pyridine rings is 1. The lowest BCUT2D eigenvalue weighted by atomic mass is 9.99. The van der Waals surface area contributed by atoms with E-state index in [0.717, 1.165) is 22.5 Å². The molecular formula is C20H19N3S. The number of aryl methyl sites for hydroxylation is 1. The number of aromatic nitrogens is 1. The Morgan fingerprint density at radius 3 is 2.04 bits per heavy atom. The number of nitrogens with zero attached hydrogens (tertiary/aromatic N) is 1. The van der Waals surface area contributed by atoms with Gasteiger partial charge >= 0.3 is 0 Å². The molecule has 3 rings (SSSR count). The van der Waals surface area contributed by atoms with Crippen LogP contribution in [0.5, 0.6) is 0 Å². The van der Waals surface area contributed by atoms with Gasteiger partial charge in [0.25, 0.3) is 0 Å². The average Bonchev–Trinajstić information content (AvgIpc) is 2.61. The molecule has 1 heterocycles. The normalized spacial score (nSPS) is 10.4. The van der Waals surface area contributed by atoms with E-state index in [1.807, 2.05) is 55.5 Å². The second-order valence-corrected chi connectivity index (χ2v) is 5.98. The van der Waals surface area contributed by atoms with Crippen molar-refractivity contribution in [2.75, 3.05) is 5.32 Å². The van der Waals surface area contributed by atoms with Crippen LogP contribution in [0.4, 0.5) is 5.82 Å². The first kappa shape index (κ1) is 16.1. The van der Waals surface area contributed by atoms with Gasteiger partial charge in [0.1, 0.15) is 5.82 Å². The molecule has 1 aromatic heterocycles. The molecule has 0 aliphatic rings. The molecule has 0 aliphatic carbocycles. The zero-order valence-electron chi connectivity index (χ0n) is 13.4. The lowest BCUT2D eigenvalue weighted by molar-refractivity contribution is 0.768. The highest BCUT2D eigenvalue weighted by Crippen LogP contribution is 2.21. The van der Waals surface area contributed by atoms with E-state index in [0.29, 0.717) is 5.11 Å². The van der Waals surface area contributed by atoms with E-state index < -0.39 is 0 Å². The van der Waals surface area contributed by atoms with E-state index in [9.17, 15) is 0 Å². The van der Waals surface area contributed by atoms with E-state index in [1.54, 1.807) is 6.20 Å². The van der Waals surface area contributed by atoms with Crippen molar-refractivity contribution in [3.63, 3.8) is 0 Å². The van der Waals surface area contributed by atoms with E-state index in [1.165, 1.54) is 0 Å². The number of thiocarbonyl (C=S) groups is 1. The number of nitrogens with one attached hydrogen (secondary N) is 2. The predicted molar refractivity (Wildman–Crippen MR) is 103 cm³/mol. The molecule has 4 heteroatoms. The van der Waals surface area contributed by atoms with Gasteiger partial charge in [0.2, 0.25) is 0 Å². The summed E-state index contributed by atoms with van der Waals surface area (Å²) in [4.78, 5) is 4.29. The Kier molecular flexibility index (Phi) is 5.18. The van der Waals surface area contributed by atoms with Gasteiger partial charge in [-0.05, 0) is 48.0 Å². The van der Waals surface area contributed by atoms with Crippen LogP contribution in [0.3, 0.4) is 0 Å². The Hall–Kier alpha value is -2.72. The van der Waals surface area contributed by atoms with Crippen molar-refractivity contribution in [2.45, 2.75) is 13.0 Å². The van der Waals surface area contributed by atoms with Crippen LogP contribution in [-0.4, -0.2) is 10.1 Å². The molecule has 2 N–H and O–H groups in total. The fraction of sp³-hybridized carbons (Fsp3) is 0.100. The molecule has 0 spiro atoms. The largest absolute Gasteiger partial charge is 0.351 e.